The fraction of sp³-hybridized carbons (Fsp3) is 0.538. The van der Waals surface area contributed by atoms with Crippen molar-refractivity contribution < 1.29 is 5.11 Å². The van der Waals surface area contributed by atoms with E-state index in [1.807, 2.05) is 0 Å². The molecule has 2 unspecified atom stereocenters. The summed E-state index contributed by atoms with van der Waals surface area (Å²) in [5.41, 5.74) is 0.820. The fourth-order valence-electron chi connectivity index (χ4n) is 3.06. The van der Waals surface area contributed by atoms with Crippen LogP contribution in [0.4, 0.5) is 0 Å². The van der Waals surface area contributed by atoms with Crippen molar-refractivity contribution in [2.24, 2.45) is 11.8 Å². The quantitative estimate of drug-likeness (QED) is 0.876. The van der Waals surface area contributed by atoms with Gasteiger partial charge in [0.2, 0.25) is 0 Å². The summed E-state index contributed by atoms with van der Waals surface area (Å²) in [5.74, 6) is 1.67. The lowest BCUT2D eigenvalue weighted by molar-refractivity contribution is 0.300. The molecule has 0 saturated carbocycles. The molecule has 1 aromatic carbocycles. The molecule has 3 nitrogen and oxygen atoms in total. The largest absolute Gasteiger partial charge is 0.506 e. The van der Waals surface area contributed by atoms with Gasteiger partial charge in [-0.1, -0.05) is 23.2 Å². The van der Waals surface area contributed by atoms with Crippen molar-refractivity contribution in [1.29, 1.82) is 0 Å². The summed E-state index contributed by atoms with van der Waals surface area (Å²) in [7, 11) is 0. The second-order valence-electron chi connectivity index (χ2n) is 5.27. The number of halogens is 2. The topological polar surface area (TPSA) is 35.5 Å². The van der Waals surface area contributed by atoms with E-state index < -0.39 is 0 Å². The first kappa shape index (κ1) is 12.5. The number of hydrogen-bond acceptors (Lipinski definition) is 3. The Kier molecular flexibility index (Phi) is 3.41. The van der Waals surface area contributed by atoms with E-state index in [2.05, 4.69) is 10.2 Å². The highest BCUT2D eigenvalue weighted by Gasteiger charge is 2.36. The number of phenols is 1. The van der Waals surface area contributed by atoms with Crippen LogP contribution >= 0.6 is 23.2 Å². The van der Waals surface area contributed by atoms with Gasteiger partial charge in [-0.2, -0.15) is 0 Å². The van der Waals surface area contributed by atoms with E-state index in [0.29, 0.717) is 10.0 Å². The van der Waals surface area contributed by atoms with E-state index in [0.717, 1.165) is 50.1 Å². The smallest absolute Gasteiger partial charge is 0.138 e. The molecule has 0 aromatic heterocycles. The molecule has 0 amide bonds. The first-order chi connectivity index (χ1) is 8.63. The van der Waals surface area contributed by atoms with Crippen LogP contribution in [0.15, 0.2) is 12.1 Å². The number of nitrogens with zero attached hydrogens (tertiary/aromatic N) is 1. The molecular formula is C13H16Cl2N2O. The van der Waals surface area contributed by atoms with Crippen molar-refractivity contribution in [2.45, 2.75) is 6.54 Å². The monoisotopic (exact) mass is 286 g/mol. The second-order valence-corrected chi connectivity index (χ2v) is 6.11. The SMILES string of the molecule is Oc1c(Cl)cc(Cl)cc1CN1CC2CNCC2C1. The van der Waals surface area contributed by atoms with Crippen LogP contribution in [0.2, 0.25) is 10.0 Å². The van der Waals surface area contributed by atoms with Gasteiger partial charge >= 0.3 is 0 Å². The lowest BCUT2D eigenvalue weighted by Gasteiger charge is -2.18. The van der Waals surface area contributed by atoms with Crippen molar-refractivity contribution in [3.05, 3.63) is 27.7 Å². The van der Waals surface area contributed by atoms with Gasteiger partial charge in [0.1, 0.15) is 5.75 Å². The van der Waals surface area contributed by atoms with Gasteiger partial charge in [-0.05, 0) is 37.1 Å². The standard InChI is InChI=1S/C13H16Cl2N2O/c14-11-1-8(13(18)12(15)2-11)5-17-6-9-3-16-4-10(9)7-17/h1-2,9-10,16,18H,3-7H2. The number of rotatable bonds is 2. The average Bonchev–Trinajstić information content (AvgIpc) is 2.85. The van der Waals surface area contributed by atoms with Crippen molar-refractivity contribution in [3.63, 3.8) is 0 Å². The summed E-state index contributed by atoms with van der Waals surface area (Å²) in [6.45, 7) is 5.12. The zero-order chi connectivity index (χ0) is 12.7. The van der Waals surface area contributed by atoms with Crippen LogP contribution in [0.3, 0.4) is 0 Å². The zero-order valence-electron chi connectivity index (χ0n) is 10.00. The van der Waals surface area contributed by atoms with E-state index in [9.17, 15) is 5.11 Å². The number of benzene rings is 1. The number of phenolic OH excluding ortho intramolecular Hbond substituents is 1. The Morgan fingerprint density at radius 3 is 2.56 bits per heavy atom. The molecule has 5 heteroatoms. The van der Waals surface area contributed by atoms with Gasteiger partial charge in [0.25, 0.3) is 0 Å². The number of hydrogen-bond donors (Lipinski definition) is 2. The van der Waals surface area contributed by atoms with Gasteiger partial charge in [0.05, 0.1) is 5.02 Å². The molecule has 0 spiro atoms. The Bertz CT molecular complexity index is 455. The number of nitrogens with one attached hydrogen (secondary N) is 1. The molecule has 98 valence electrons. The lowest BCUT2D eigenvalue weighted by Crippen LogP contribution is -2.25. The third kappa shape index (κ3) is 2.32. The molecule has 2 N–H and O–H groups in total. The third-order valence-corrected chi connectivity index (χ3v) is 4.47. The minimum Gasteiger partial charge on any atom is -0.506 e. The minimum absolute atomic E-state index is 0.163. The number of fused-ring (bicyclic) bond motifs is 1. The van der Waals surface area contributed by atoms with Gasteiger partial charge in [0, 0.05) is 30.2 Å². The molecule has 3 rings (SSSR count). The molecule has 2 aliphatic heterocycles. The predicted molar refractivity (Wildman–Crippen MR) is 73.3 cm³/mol. The Balaban J connectivity index is 1.74. The highest BCUT2D eigenvalue weighted by molar-refractivity contribution is 6.35. The summed E-state index contributed by atoms with van der Waals surface area (Å²) in [4.78, 5) is 2.37. The van der Waals surface area contributed by atoms with Crippen molar-refractivity contribution in [3.8, 4) is 5.75 Å². The molecule has 0 bridgehead atoms. The first-order valence-corrected chi connectivity index (χ1v) is 6.99. The first-order valence-electron chi connectivity index (χ1n) is 6.23. The van der Waals surface area contributed by atoms with E-state index in [1.54, 1.807) is 12.1 Å². The van der Waals surface area contributed by atoms with Crippen LogP contribution in [0.25, 0.3) is 0 Å². The lowest BCUT2D eigenvalue weighted by atomic mass is 10.0. The Labute approximate surface area is 117 Å². The normalized spacial score (nSPS) is 27.7. The Morgan fingerprint density at radius 1 is 1.22 bits per heavy atom. The maximum absolute atomic E-state index is 9.96. The molecule has 2 atom stereocenters. The number of likely N-dealkylation sites (tertiary alicyclic amines) is 1. The van der Waals surface area contributed by atoms with Gasteiger partial charge in [-0.15, -0.1) is 0 Å². The van der Waals surface area contributed by atoms with Crippen molar-refractivity contribution >= 4 is 23.2 Å². The maximum atomic E-state index is 9.96. The highest BCUT2D eigenvalue weighted by Crippen LogP contribution is 2.34. The van der Waals surface area contributed by atoms with Gasteiger partial charge in [-0.3, -0.25) is 4.90 Å². The van der Waals surface area contributed by atoms with E-state index in [-0.39, 0.29) is 5.75 Å². The van der Waals surface area contributed by atoms with Crippen LogP contribution < -0.4 is 5.32 Å². The summed E-state index contributed by atoms with van der Waals surface area (Å²) in [6, 6.07) is 3.37. The van der Waals surface area contributed by atoms with E-state index in [1.165, 1.54) is 0 Å². The van der Waals surface area contributed by atoms with Crippen molar-refractivity contribution in [2.75, 3.05) is 26.2 Å². The van der Waals surface area contributed by atoms with Crippen LogP contribution in [-0.4, -0.2) is 36.2 Å². The van der Waals surface area contributed by atoms with E-state index in [4.69, 9.17) is 23.2 Å². The molecule has 0 aliphatic carbocycles. The molecule has 2 saturated heterocycles. The van der Waals surface area contributed by atoms with Gasteiger partial charge < -0.3 is 10.4 Å². The second kappa shape index (κ2) is 4.89. The van der Waals surface area contributed by atoms with Crippen LogP contribution in [0, 0.1) is 11.8 Å². The van der Waals surface area contributed by atoms with E-state index >= 15 is 0 Å². The fourth-order valence-corrected chi connectivity index (χ4v) is 3.60. The molecule has 2 heterocycles. The molecule has 0 radical (unpaired) electrons. The maximum Gasteiger partial charge on any atom is 0.138 e. The summed E-state index contributed by atoms with van der Waals surface area (Å²) >= 11 is 11.9. The van der Waals surface area contributed by atoms with Gasteiger partial charge in [0.15, 0.2) is 0 Å². The summed E-state index contributed by atoms with van der Waals surface area (Å²) in [6.07, 6.45) is 0. The highest BCUT2D eigenvalue weighted by atomic mass is 35.5. The zero-order valence-corrected chi connectivity index (χ0v) is 11.5. The Morgan fingerprint density at radius 2 is 1.89 bits per heavy atom. The minimum atomic E-state index is 0.163. The van der Waals surface area contributed by atoms with Gasteiger partial charge in [-0.25, -0.2) is 0 Å². The average molecular weight is 287 g/mol. The van der Waals surface area contributed by atoms with Crippen LogP contribution in [0.5, 0.6) is 5.75 Å². The van der Waals surface area contributed by atoms with Crippen molar-refractivity contribution in [1.82, 2.24) is 10.2 Å². The van der Waals surface area contributed by atoms with Crippen LogP contribution in [-0.2, 0) is 6.54 Å². The Hall–Kier alpha value is -0.480. The number of aromatic hydroxyl groups is 1. The third-order valence-electron chi connectivity index (χ3n) is 3.97. The van der Waals surface area contributed by atoms with Crippen LogP contribution in [0.1, 0.15) is 5.56 Å². The predicted octanol–water partition coefficient (Wildman–Crippen LogP) is 2.35. The molecule has 18 heavy (non-hydrogen) atoms. The summed E-state index contributed by atoms with van der Waals surface area (Å²) < 4.78 is 0. The summed E-state index contributed by atoms with van der Waals surface area (Å²) in [5, 5.41) is 14.3. The molecular weight excluding hydrogens is 271 g/mol. The molecule has 2 fully saturated rings. The molecule has 2 aliphatic rings. The molecule has 1 aromatic rings.